The van der Waals surface area contributed by atoms with Gasteiger partial charge in [-0.2, -0.15) is 26.3 Å². The molecule has 2 aromatic rings. The van der Waals surface area contributed by atoms with Gasteiger partial charge in [0.25, 0.3) is 5.56 Å². The Morgan fingerprint density at radius 2 is 1.86 bits per heavy atom. The van der Waals surface area contributed by atoms with E-state index in [4.69, 9.17) is 9.90 Å². The highest BCUT2D eigenvalue weighted by Crippen LogP contribution is 2.31. The number of aromatic nitrogens is 2. The molecular weight excluding hydrogens is 408 g/mol. The van der Waals surface area contributed by atoms with Crippen LogP contribution in [0.15, 0.2) is 23.0 Å². The van der Waals surface area contributed by atoms with E-state index in [1.165, 1.54) is 10.6 Å². The average molecular weight is 425 g/mol. The van der Waals surface area contributed by atoms with Crippen LogP contribution in [0.2, 0.25) is 0 Å². The molecule has 2 N–H and O–H groups in total. The summed E-state index contributed by atoms with van der Waals surface area (Å²) in [5.74, 6) is -2.02. The van der Waals surface area contributed by atoms with Gasteiger partial charge >= 0.3 is 18.3 Å². The molecule has 12 heteroatoms. The van der Waals surface area contributed by atoms with Gasteiger partial charge < -0.3 is 10.4 Å². The lowest BCUT2D eigenvalue weighted by Gasteiger charge is -2.24. The molecule has 1 aromatic carbocycles. The summed E-state index contributed by atoms with van der Waals surface area (Å²) in [7, 11) is 1.57. The zero-order valence-electron chi connectivity index (χ0n) is 15.1. The number of benzene rings is 1. The van der Waals surface area contributed by atoms with Crippen molar-refractivity contribution >= 4 is 16.9 Å². The topological polar surface area (TPSA) is 84.2 Å². The fourth-order valence-corrected chi connectivity index (χ4v) is 2.90. The number of carboxylic acids is 1. The van der Waals surface area contributed by atoms with Crippen molar-refractivity contribution in [2.24, 2.45) is 7.05 Å². The van der Waals surface area contributed by atoms with Gasteiger partial charge in [0.2, 0.25) is 0 Å². The van der Waals surface area contributed by atoms with E-state index in [1.54, 1.807) is 7.05 Å². The second kappa shape index (κ2) is 8.39. The van der Waals surface area contributed by atoms with Crippen molar-refractivity contribution in [3.05, 3.63) is 39.9 Å². The molecule has 3 rings (SSSR count). The zero-order chi connectivity index (χ0) is 22.0. The largest absolute Gasteiger partial charge is 0.490 e. The Bertz CT molecular complexity index is 946. The molecule has 1 saturated heterocycles. The number of hydrogen-bond donors (Lipinski definition) is 2. The number of aliphatic carboxylic acids is 1. The molecule has 0 radical (unpaired) electrons. The fraction of sp³-hybridized carbons (Fsp3) is 0.471. The fourth-order valence-electron chi connectivity index (χ4n) is 2.90. The van der Waals surface area contributed by atoms with E-state index < -0.39 is 29.4 Å². The molecule has 0 saturated carbocycles. The van der Waals surface area contributed by atoms with Gasteiger partial charge in [0.1, 0.15) is 5.82 Å². The lowest BCUT2D eigenvalue weighted by molar-refractivity contribution is -0.192. The van der Waals surface area contributed by atoms with E-state index in [9.17, 15) is 31.1 Å². The average Bonchev–Trinajstić information content (AvgIpc) is 2.64. The minimum Gasteiger partial charge on any atom is -0.475 e. The highest BCUT2D eigenvalue weighted by molar-refractivity contribution is 5.78. The van der Waals surface area contributed by atoms with Crippen molar-refractivity contribution in [1.82, 2.24) is 14.9 Å². The number of carbonyl (C=O) groups is 1. The SMILES string of the molecule is Cn1c([C@@H]2CCCNC2)nc2ccc(C(F)(F)F)cc2c1=O.O=C(O)C(F)(F)F. The van der Waals surface area contributed by atoms with E-state index >= 15 is 0 Å². The second-order valence-corrected chi connectivity index (χ2v) is 6.41. The maximum atomic E-state index is 12.8. The molecule has 6 nitrogen and oxygen atoms in total. The van der Waals surface area contributed by atoms with Crippen LogP contribution in [0.4, 0.5) is 26.3 Å². The van der Waals surface area contributed by atoms with Gasteiger partial charge in [0.05, 0.1) is 16.5 Å². The van der Waals surface area contributed by atoms with Gasteiger partial charge in [-0.25, -0.2) is 9.78 Å². The van der Waals surface area contributed by atoms with Crippen LogP contribution >= 0.6 is 0 Å². The van der Waals surface area contributed by atoms with Gasteiger partial charge in [-0.15, -0.1) is 0 Å². The Labute approximate surface area is 160 Å². The first kappa shape index (κ1) is 22.7. The molecule has 1 aliphatic heterocycles. The smallest absolute Gasteiger partial charge is 0.475 e. The number of fused-ring (bicyclic) bond motifs is 1. The number of halogens is 6. The Balaban J connectivity index is 0.000000370. The summed E-state index contributed by atoms with van der Waals surface area (Å²) in [6.45, 7) is 1.67. The van der Waals surface area contributed by atoms with Gasteiger partial charge in [0, 0.05) is 19.5 Å². The minimum absolute atomic E-state index is 0.00448. The quantitative estimate of drug-likeness (QED) is 0.687. The molecule has 0 aliphatic carbocycles. The zero-order valence-corrected chi connectivity index (χ0v) is 15.1. The van der Waals surface area contributed by atoms with Crippen molar-refractivity contribution in [2.75, 3.05) is 13.1 Å². The number of carboxylic acid groups (broad SMARTS) is 1. The third-order valence-corrected chi connectivity index (χ3v) is 4.34. The van der Waals surface area contributed by atoms with E-state index in [0.29, 0.717) is 11.3 Å². The maximum Gasteiger partial charge on any atom is 0.490 e. The van der Waals surface area contributed by atoms with E-state index in [2.05, 4.69) is 10.3 Å². The summed E-state index contributed by atoms with van der Waals surface area (Å²) in [5, 5.41) is 10.4. The Morgan fingerprint density at radius 3 is 2.34 bits per heavy atom. The minimum atomic E-state index is -5.08. The molecule has 1 aromatic heterocycles. The summed E-state index contributed by atoms with van der Waals surface area (Å²) in [4.78, 5) is 25.7. The monoisotopic (exact) mass is 425 g/mol. The van der Waals surface area contributed by atoms with Crippen molar-refractivity contribution in [3.63, 3.8) is 0 Å². The molecule has 1 aliphatic rings. The van der Waals surface area contributed by atoms with Crippen LogP contribution < -0.4 is 10.9 Å². The first-order valence-corrected chi connectivity index (χ1v) is 8.41. The third-order valence-electron chi connectivity index (χ3n) is 4.34. The third kappa shape index (κ3) is 5.46. The van der Waals surface area contributed by atoms with Gasteiger partial charge in [-0.3, -0.25) is 9.36 Å². The molecule has 1 fully saturated rings. The summed E-state index contributed by atoms with van der Waals surface area (Å²) in [6, 6.07) is 3.13. The van der Waals surface area contributed by atoms with Crippen LogP contribution in [0, 0.1) is 0 Å². The molecular formula is C17H17F6N3O3. The second-order valence-electron chi connectivity index (χ2n) is 6.41. The Hall–Kier alpha value is -2.63. The number of hydrogen-bond acceptors (Lipinski definition) is 4. The highest BCUT2D eigenvalue weighted by Gasteiger charge is 2.38. The lowest BCUT2D eigenvalue weighted by Crippen LogP contribution is -2.33. The highest BCUT2D eigenvalue weighted by atomic mass is 19.4. The standard InChI is InChI=1S/C15H16F3N3O.C2HF3O2/c1-21-13(9-3-2-6-19-8-9)20-12-5-4-10(15(16,17)18)7-11(12)14(21)22;3-2(4,5)1(6)7/h4-5,7,9,19H,2-3,6,8H2,1H3;(H,6,7)/t9-;/m1./s1. The summed E-state index contributed by atoms with van der Waals surface area (Å²) >= 11 is 0. The van der Waals surface area contributed by atoms with Crippen molar-refractivity contribution in [3.8, 4) is 0 Å². The first-order valence-electron chi connectivity index (χ1n) is 8.41. The summed E-state index contributed by atoms with van der Waals surface area (Å²) in [6.07, 6.45) is -7.64. The molecule has 0 bridgehead atoms. The Morgan fingerprint density at radius 1 is 1.24 bits per heavy atom. The van der Waals surface area contributed by atoms with Crippen LogP contribution in [0.3, 0.4) is 0 Å². The van der Waals surface area contributed by atoms with Crippen LogP contribution in [-0.2, 0) is 18.0 Å². The number of piperidine rings is 1. The first-order chi connectivity index (χ1) is 13.3. The maximum absolute atomic E-state index is 12.8. The number of nitrogens with one attached hydrogen (secondary N) is 1. The molecule has 29 heavy (non-hydrogen) atoms. The van der Waals surface area contributed by atoms with E-state index in [1.807, 2.05) is 0 Å². The van der Waals surface area contributed by atoms with Crippen molar-refractivity contribution < 1.29 is 36.2 Å². The van der Waals surface area contributed by atoms with Crippen LogP contribution in [-0.4, -0.2) is 39.9 Å². The van der Waals surface area contributed by atoms with Crippen molar-refractivity contribution in [2.45, 2.75) is 31.1 Å². The molecule has 2 heterocycles. The van der Waals surface area contributed by atoms with Gasteiger partial charge in [0.15, 0.2) is 0 Å². The summed E-state index contributed by atoms with van der Waals surface area (Å²) < 4.78 is 71.5. The molecule has 0 spiro atoms. The van der Waals surface area contributed by atoms with Gasteiger partial charge in [-0.1, -0.05) is 0 Å². The molecule has 1 atom stereocenters. The molecule has 160 valence electrons. The lowest BCUT2D eigenvalue weighted by atomic mass is 9.98. The van der Waals surface area contributed by atoms with E-state index in [0.717, 1.165) is 38.1 Å². The normalized spacial score (nSPS) is 17.6. The number of nitrogens with zero attached hydrogens (tertiary/aromatic N) is 2. The Kier molecular flexibility index (Phi) is 6.56. The number of alkyl halides is 6. The van der Waals surface area contributed by atoms with Crippen LogP contribution in [0.1, 0.15) is 30.1 Å². The summed E-state index contributed by atoms with van der Waals surface area (Å²) in [5.41, 5.74) is -0.945. The number of rotatable bonds is 1. The van der Waals surface area contributed by atoms with Crippen LogP contribution in [0.25, 0.3) is 10.9 Å². The van der Waals surface area contributed by atoms with Crippen molar-refractivity contribution in [1.29, 1.82) is 0 Å². The predicted octanol–water partition coefficient (Wildman–Crippen LogP) is 3.05. The predicted molar refractivity (Wildman–Crippen MR) is 90.5 cm³/mol. The molecule has 0 unspecified atom stereocenters. The van der Waals surface area contributed by atoms with E-state index in [-0.39, 0.29) is 11.3 Å². The van der Waals surface area contributed by atoms with Crippen LogP contribution in [0.5, 0.6) is 0 Å². The molecule has 0 amide bonds. The van der Waals surface area contributed by atoms with Gasteiger partial charge in [-0.05, 0) is 37.6 Å².